The van der Waals surface area contributed by atoms with Gasteiger partial charge in [0.2, 0.25) is 0 Å². The third-order valence-electron chi connectivity index (χ3n) is 4.21. The summed E-state index contributed by atoms with van der Waals surface area (Å²) in [5.74, 6) is -0.00337. The molecular formula is C18H42Al2O6S. The van der Waals surface area contributed by atoms with Crippen LogP contribution in [0.25, 0.3) is 0 Å². The maximum atomic E-state index is 11.0. The first-order chi connectivity index (χ1) is 12.3. The molecule has 0 rings (SSSR count). The zero-order valence-electron chi connectivity index (χ0n) is 16.7. The molecule has 0 bridgehead atoms. The highest BCUT2D eigenvalue weighted by molar-refractivity contribution is 7.79. The van der Waals surface area contributed by atoms with E-state index in [1.807, 2.05) is 0 Å². The molecule has 9 heteroatoms. The molecule has 0 aliphatic rings. The van der Waals surface area contributed by atoms with Crippen LogP contribution in [-0.2, 0) is 19.0 Å². The summed E-state index contributed by atoms with van der Waals surface area (Å²) < 4.78 is 36.4. The lowest BCUT2D eigenvalue weighted by Crippen LogP contribution is -2.00. The normalized spacial score (nSPS) is 10.5. The lowest BCUT2D eigenvalue weighted by atomic mass is 10.0. The Morgan fingerprint density at radius 2 is 1.00 bits per heavy atom. The number of hydrogen-bond acceptors (Lipinski definition) is 4. The molecule has 0 aromatic rings. The predicted octanol–water partition coefficient (Wildman–Crippen LogP) is 3.50. The van der Waals surface area contributed by atoms with Crippen molar-refractivity contribution in [1.82, 2.24) is 0 Å². The fourth-order valence-electron chi connectivity index (χ4n) is 2.74. The largest absolute Gasteiger partial charge is 0.621 e. The van der Waals surface area contributed by atoms with Gasteiger partial charge >= 0.3 is 27.0 Å². The van der Waals surface area contributed by atoms with Crippen LogP contribution >= 0.6 is 0 Å². The quantitative estimate of drug-likeness (QED) is 0.216. The highest BCUT2D eigenvalue weighted by Crippen LogP contribution is 2.13. The van der Waals surface area contributed by atoms with Gasteiger partial charge in [0.05, 0.1) is 0 Å². The Morgan fingerprint density at radius 3 is 1.26 bits per heavy atom. The Kier molecular flexibility index (Phi) is 29.0. The van der Waals surface area contributed by atoms with E-state index >= 15 is 0 Å². The number of rotatable bonds is 16. The molecule has 0 aliphatic heterocycles. The molecule has 0 saturated carbocycles. The molecule has 6 nitrogen and oxygen atoms in total. The monoisotopic (exact) mass is 440 g/mol. The van der Waals surface area contributed by atoms with E-state index in [-0.39, 0.29) is 23.3 Å². The highest BCUT2D eigenvalue weighted by atomic mass is 32.3. The van der Waals surface area contributed by atoms with E-state index in [2.05, 4.69) is 6.92 Å². The fraction of sp³-hybridized carbons (Fsp3) is 0.944. The van der Waals surface area contributed by atoms with Crippen molar-refractivity contribution < 1.29 is 26.1 Å². The van der Waals surface area contributed by atoms with Gasteiger partial charge in [0, 0.05) is 6.42 Å². The van der Waals surface area contributed by atoms with Gasteiger partial charge in [0.1, 0.15) is 0 Å². The molecule has 0 radical (unpaired) electrons. The van der Waals surface area contributed by atoms with E-state index < -0.39 is 10.4 Å². The predicted molar refractivity (Wildman–Crippen MR) is 118 cm³/mol. The van der Waals surface area contributed by atoms with Gasteiger partial charge in [-0.3, -0.25) is 13.9 Å². The molecule has 0 aromatic heterocycles. The summed E-state index contributed by atoms with van der Waals surface area (Å²) in [6, 6.07) is 0. The summed E-state index contributed by atoms with van der Waals surface area (Å²) in [4.78, 5) is 11.0. The zero-order valence-corrected chi connectivity index (χ0v) is 19.6. The van der Waals surface area contributed by atoms with E-state index in [9.17, 15) is 4.79 Å². The summed E-state index contributed by atoms with van der Waals surface area (Å²) >= 11 is 0.544. The third-order valence-corrected chi connectivity index (χ3v) is 4.67. The number of hydrogen-bond donors (Lipinski definition) is 2. The highest BCUT2D eigenvalue weighted by Gasteiger charge is 1.98. The minimum atomic E-state index is -4.67. The average molecular weight is 441 g/mol. The van der Waals surface area contributed by atoms with E-state index in [1.165, 1.54) is 89.9 Å². The van der Waals surface area contributed by atoms with Crippen molar-refractivity contribution in [3.05, 3.63) is 0 Å². The Hall–Kier alpha value is 0.405. The second kappa shape index (κ2) is 24.4. The van der Waals surface area contributed by atoms with Gasteiger partial charge < -0.3 is 3.79 Å². The Balaban J connectivity index is -0.000000844. The first kappa shape index (κ1) is 32.1. The molecule has 0 fully saturated rings. The van der Waals surface area contributed by atoms with E-state index in [4.69, 9.17) is 21.3 Å². The van der Waals surface area contributed by atoms with Crippen LogP contribution in [0.3, 0.4) is 0 Å². The molecule has 0 saturated heterocycles. The summed E-state index contributed by atoms with van der Waals surface area (Å²) in [6.45, 7) is 2.28. The molecule has 0 atom stereocenters. The Labute approximate surface area is 185 Å². The van der Waals surface area contributed by atoms with Gasteiger partial charge in [-0.2, -0.15) is 8.42 Å². The van der Waals surface area contributed by atoms with Crippen LogP contribution in [0.5, 0.6) is 0 Å². The Bertz CT molecular complexity index is 397. The molecule has 2 N–H and O–H groups in total. The SMILES string of the molecule is CCCCCCCCCCCCCCCCCC(=O)[O][AlH2].O=S(=O)(O)O.[AlH3]. The molecule has 0 aromatic carbocycles. The summed E-state index contributed by atoms with van der Waals surface area (Å²) in [5, 5.41) is 0. The van der Waals surface area contributed by atoms with E-state index in [0.717, 1.165) is 6.42 Å². The lowest BCUT2D eigenvalue weighted by molar-refractivity contribution is -0.134. The summed E-state index contributed by atoms with van der Waals surface area (Å²) in [5.41, 5.74) is 0. The number of carbonyl (C=O) groups is 1. The minimum Gasteiger partial charge on any atom is -0.621 e. The average Bonchev–Trinajstić information content (AvgIpc) is 2.56. The van der Waals surface area contributed by atoms with Gasteiger partial charge in [0.15, 0.2) is 17.4 Å². The van der Waals surface area contributed by atoms with Crippen molar-refractivity contribution in [3.8, 4) is 0 Å². The number of carbonyl (C=O) groups excluding carboxylic acids is 1. The molecule has 0 aliphatic carbocycles. The second-order valence-corrected chi connectivity index (χ2v) is 8.03. The molecule has 0 spiro atoms. The van der Waals surface area contributed by atoms with Crippen LogP contribution in [0, 0.1) is 0 Å². The molecular weight excluding hydrogens is 398 g/mol. The first-order valence-electron chi connectivity index (χ1n) is 10.1. The maximum absolute atomic E-state index is 11.0. The first-order valence-corrected chi connectivity index (χ1v) is 12.3. The topological polar surface area (TPSA) is 101 Å². The molecule has 0 amide bonds. The molecule has 0 heterocycles. The van der Waals surface area contributed by atoms with Gasteiger partial charge in [-0.15, -0.1) is 0 Å². The molecule has 162 valence electrons. The van der Waals surface area contributed by atoms with Crippen LogP contribution in [-0.4, -0.2) is 57.5 Å². The fourth-order valence-corrected chi connectivity index (χ4v) is 2.95. The Morgan fingerprint density at radius 1 is 0.741 bits per heavy atom. The lowest BCUT2D eigenvalue weighted by Gasteiger charge is -2.03. The maximum Gasteiger partial charge on any atom is 0.499 e. The van der Waals surface area contributed by atoms with E-state index in [1.54, 1.807) is 0 Å². The molecule has 0 unspecified atom stereocenters. The van der Waals surface area contributed by atoms with Crippen LogP contribution in [0.4, 0.5) is 0 Å². The summed E-state index contributed by atoms with van der Waals surface area (Å²) in [7, 11) is -4.67. The van der Waals surface area contributed by atoms with Gasteiger partial charge in [0.25, 0.3) is 5.97 Å². The van der Waals surface area contributed by atoms with Crippen LogP contribution in [0.2, 0.25) is 0 Å². The summed E-state index contributed by atoms with van der Waals surface area (Å²) in [6.07, 6.45) is 21.1. The third kappa shape index (κ3) is 41.8. The van der Waals surface area contributed by atoms with Crippen molar-refractivity contribution in [2.24, 2.45) is 0 Å². The van der Waals surface area contributed by atoms with Crippen LogP contribution in [0.1, 0.15) is 110 Å². The second-order valence-electron chi connectivity index (χ2n) is 6.72. The van der Waals surface area contributed by atoms with Crippen molar-refractivity contribution in [2.75, 3.05) is 0 Å². The molecule has 27 heavy (non-hydrogen) atoms. The van der Waals surface area contributed by atoms with Gasteiger partial charge in [-0.1, -0.05) is 96.8 Å². The standard InChI is InChI=1S/C18H36O2.2Al.H2O4S.5H/c1-2-3-4-5-6-7-8-9-10-11-12-13-14-15-16-17-18(19)20;;;1-5(2,3)4;;;;;/h2-17H2,1H3,(H,19,20);;;(H2,1,2,3,4);;;;;/q;;+1;;;;;;/p-1. The minimum absolute atomic E-state index is 0. The van der Waals surface area contributed by atoms with Crippen LogP contribution < -0.4 is 0 Å². The van der Waals surface area contributed by atoms with Gasteiger partial charge in [-0.05, 0) is 6.42 Å². The smallest absolute Gasteiger partial charge is 0.499 e. The zero-order chi connectivity index (χ0) is 20.1. The van der Waals surface area contributed by atoms with Crippen molar-refractivity contribution in [1.29, 1.82) is 0 Å². The van der Waals surface area contributed by atoms with Crippen LogP contribution in [0.15, 0.2) is 0 Å². The van der Waals surface area contributed by atoms with Crippen molar-refractivity contribution >= 4 is 50.4 Å². The van der Waals surface area contributed by atoms with E-state index in [0.29, 0.717) is 23.0 Å². The van der Waals surface area contributed by atoms with Crippen molar-refractivity contribution in [2.45, 2.75) is 110 Å². The van der Waals surface area contributed by atoms with Crippen molar-refractivity contribution in [3.63, 3.8) is 0 Å². The number of unbranched alkanes of at least 4 members (excludes halogenated alkanes) is 14. The van der Waals surface area contributed by atoms with Gasteiger partial charge in [-0.25, -0.2) is 0 Å².